The third-order valence-corrected chi connectivity index (χ3v) is 4.19. The van der Waals surface area contributed by atoms with Crippen LogP contribution in [0, 0.1) is 0 Å². The Balaban J connectivity index is 2.01. The van der Waals surface area contributed by atoms with Crippen LogP contribution >= 0.6 is 0 Å². The zero-order valence-corrected chi connectivity index (χ0v) is 13.0. The minimum Gasteiger partial charge on any atom is -0.391 e. The summed E-state index contributed by atoms with van der Waals surface area (Å²) in [7, 11) is 0. The zero-order chi connectivity index (χ0) is 18.2. The van der Waals surface area contributed by atoms with Gasteiger partial charge < -0.3 is 15.0 Å². The number of rotatable bonds is 2. The third-order valence-electron chi connectivity index (χ3n) is 4.19. The number of benzene rings is 1. The van der Waals surface area contributed by atoms with E-state index in [0.29, 0.717) is 0 Å². The molecule has 25 heavy (non-hydrogen) atoms. The van der Waals surface area contributed by atoms with Gasteiger partial charge in [0.05, 0.1) is 17.7 Å². The minimum absolute atomic E-state index is 0.00201. The first-order valence-corrected chi connectivity index (χ1v) is 7.61. The van der Waals surface area contributed by atoms with Gasteiger partial charge in [0.25, 0.3) is 5.91 Å². The molecule has 2 atom stereocenters. The highest BCUT2D eigenvalue weighted by Gasteiger charge is 2.41. The van der Waals surface area contributed by atoms with Gasteiger partial charge in [0.15, 0.2) is 0 Å². The molecule has 0 saturated carbocycles. The van der Waals surface area contributed by atoms with E-state index in [9.17, 15) is 27.9 Å². The molecule has 0 radical (unpaired) electrons. The van der Waals surface area contributed by atoms with Gasteiger partial charge in [0, 0.05) is 24.4 Å². The number of alkyl halides is 3. The number of nitrogens with one attached hydrogen (secondary N) is 1. The van der Waals surface area contributed by atoms with Crippen LogP contribution in [0.3, 0.4) is 0 Å². The molecule has 1 aromatic heterocycles. The molecule has 1 saturated heterocycles. The van der Waals surface area contributed by atoms with Crippen molar-refractivity contribution in [3.8, 4) is 0 Å². The highest BCUT2D eigenvalue weighted by Crippen LogP contribution is 2.40. The van der Waals surface area contributed by atoms with E-state index < -0.39 is 35.4 Å². The fourth-order valence-corrected chi connectivity index (χ4v) is 3.12. The molecule has 0 unspecified atom stereocenters. The number of hydrogen-bond donors (Lipinski definition) is 2. The topological polar surface area (TPSA) is 73.4 Å². The van der Waals surface area contributed by atoms with E-state index in [1.54, 1.807) is 0 Å². The van der Waals surface area contributed by atoms with Crippen molar-refractivity contribution in [3.05, 3.63) is 69.6 Å². The van der Waals surface area contributed by atoms with E-state index in [1.165, 1.54) is 35.4 Å². The molecule has 0 bridgehead atoms. The first kappa shape index (κ1) is 17.2. The van der Waals surface area contributed by atoms with Crippen molar-refractivity contribution < 1.29 is 23.1 Å². The lowest BCUT2D eigenvalue weighted by Gasteiger charge is -2.27. The molecule has 3 rings (SSSR count). The molecule has 1 aliphatic rings. The number of nitrogens with zero attached hydrogens (tertiary/aromatic N) is 1. The van der Waals surface area contributed by atoms with Gasteiger partial charge in [0.2, 0.25) is 5.56 Å². The Morgan fingerprint density at radius 1 is 1.24 bits per heavy atom. The van der Waals surface area contributed by atoms with Crippen LogP contribution in [0.1, 0.15) is 33.9 Å². The maximum absolute atomic E-state index is 13.3. The molecular formula is C17H15F3N2O3. The number of β-amino-alcohol motifs (C(OH)–C–C–N with tert-alkyl or cyclic N) is 1. The fraction of sp³-hybridized carbons (Fsp3) is 0.294. The summed E-state index contributed by atoms with van der Waals surface area (Å²) in [5.74, 6) is -0.593. The van der Waals surface area contributed by atoms with Crippen LogP contribution in [0.15, 0.2) is 47.4 Å². The quantitative estimate of drug-likeness (QED) is 0.871. The van der Waals surface area contributed by atoms with Gasteiger partial charge >= 0.3 is 6.18 Å². The normalized spacial score (nSPS) is 20.7. The standard InChI is InChI=1S/C17H15F3N2O3/c18-17(19,20)13-4-2-1-3-12(13)14-8-11(23)9-22(14)16(25)10-5-6-21-15(24)7-10/h1-7,11,14,23H,8-9H2,(H,21,24)/t11-,14-/m1/s1. The molecule has 1 aromatic carbocycles. The maximum Gasteiger partial charge on any atom is 0.416 e. The molecule has 1 fully saturated rings. The third kappa shape index (κ3) is 3.43. The molecule has 8 heteroatoms. The Morgan fingerprint density at radius 2 is 1.96 bits per heavy atom. The number of hydrogen-bond acceptors (Lipinski definition) is 3. The fourth-order valence-electron chi connectivity index (χ4n) is 3.12. The smallest absolute Gasteiger partial charge is 0.391 e. The van der Waals surface area contributed by atoms with Gasteiger partial charge in [-0.3, -0.25) is 9.59 Å². The number of pyridine rings is 1. The van der Waals surface area contributed by atoms with E-state index in [1.807, 2.05) is 0 Å². The average molecular weight is 352 g/mol. The van der Waals surface area contributed by atoms with Crippen molar-refractivity contribution in [1.82, 2.24) is 9.88 Å². The zero-order valence-electron chi connectivity index (χ0n) is 13.0. The Bertz CT molecular complexity index is 847. The number of amides is 1. The SMILES string of the molecule is O=C(c1cc[nH]c(=O)c1)N1C[C@H](O)C[C@@H]1c1ccccc1C(F)(F)F. The summed E-state index contributed by atoms with van der Waals surface area (Å²) in [6.45, 7) is -0.0948. The number of carbonyl (C=O) groups is 1. The number of aromatic amines is 1. The van der Waals surface area contributed by atoms with Gasteiger partial charge in [-0.05, 0) is 24.1 Å². The van der Waals surface area contributed by atoms with Crippen LogP contribution in [0.4, 0.5) is 13.2 Å². The number of carbonyl (C=O) groups excluding carboxylic acids is 1. The van der Waals surface area contributed by atoms with E-state index >= 15 is 0 Å². The maximum atomic E-state index is 13.3. The number of H-pyrrole nitrogens is 1. The van der Waals surface area contributed by atoms with Crippen LogP contribution in [0.2, 0.25) is 0 Å². The molecule has 5 nitrogen and oxygen atoms in total. The lowest BCUT2D eigenvalue weighted by molar-refractivity contribution is -0.138. The number of aliphatic hydroxyl groups is 1. The molecular weight excluding hydrogens is 337 g/mol. The Morgan fingerprint density at radius 3 is 2.64 bits per heavy atom. The Labute approximate surface area is 140 Å². The van der Waals surface area contributed by atoms with Gasteiger partial charge in [-0.2, -0.15) is 13.2 Å². The molecule has 2 N–H and O–H groups in total. The lowest BCUT2D eigenvalue weighted by atomic mass is 9.97. The van der Waals surface area contributed by atoms with Crippen molar-refractivity contribution in [1.29, 1.82) is 0 Å². The van der Waals surface area contributed by atoms with Crippen molar-refractivity contribution in [2.75, 3.05) is 6.54 Å². The van der Waals surface area contributed by atoms with Crippen LogP contribution in [-0.2, 0) is 6.18 Å². The van der Waals surface area contributed by atoms with Gasteiger partial charge in [-0.15, -0.1) is 0 Å². The predicted octanol–water partition coefficient (Wildman–Crippen LogP) is 2.34. The molecule has 1 amide bonds. The van der Waals surface area contributed by atoms with Crippen LogP contribution in [0.5, 0.6) is 0 Å². The molecule has 1 aliphatic heterocycles. The van der Waals surface area contributed by atoms with Gasteiger partial charge in [-0.25, -0.2) is 0 Å². The minimum atomic E-state index is -4.57. The van der Waals surface area contributed by atoms with Crippen LogP contribution in [0.25, 0.3) is 0 Å². The lowest BCUT2D eigenvalue weighted by Crippen LogP contribution is -2.33. The predicted molar refractivity (Wildman–Crippen MR) is 82.9 cm³/mol. The largest absolute Gasteiger partial charge is 0.416 e. The molecule has 132 valence electrons. The summed E-state index contributed by atoms with van der Waals surface area (Å²) >= 11 is 0. The van der Waals surface area contributed by atoms with Gasteiger partial charge in [0.1, 0.15) is 0 Å². The first-order chi connectivity index (χ1) is 11.8. The van der Waals surface area contributed by atoms with Crippen molar-refractivity contribution in [2.45, 2.75) is 24.7 Å². The van der Waals surface area contributed by atoms with Crippen molar-refractivity contribution in [3.63, 3.8) is 0 Å². The van der Waals surface area contributed by atoms with E-state index in [2.05, 4.69) is 4.98 Å². The van der Waals surface area contributed by atoms with Crippen LogP contribution in [-0.4, -0.2) is 33.5 Å². The Hall–Kier alpha value is -2.61. The highest BCUT2D eigenvalue weighted by atomic mass is 19.4. The number of likely N-dealkylation sites (tertiary alicyclic amines) is 1. The Kier molecular flexibility index (Phi) is 4.38. The summed E-state index contributed by atoms with van der Waals surface area (Å²) in [6, 6.07) is 6.55. The summed E-state index contributed by atoms with van der Waals surface area (Å²) in [5.41, 5.74) is -1.33. The summed E-state index contributed by atoms with van der Waals surface area (Å²) < 4.78 is 39.9. The molecule has 0 aliphatic carbocycles. The number of aliphatic hydroxyl groups excluding tert-OH is 1. The highest BCUT2D eigenvalue weighted by molar-refractivity contribution is 5.94. The molecule has 2 aromatic rings. The average Bonchev–Trinajstić information content (AvgIpc) is 2.95. The summed E-state index contributed by atoms with van der Waals surface area (Å²) in [5, 5.41) is 9.93. The van der Waals surface area contributed by atoms with Gasteiger partial charge in [-0.1, -0.05) is 18.2 Å². The summed E-state index contributed by atoms with van der Waals surface area (Å²) in [6.07, 6.45) is -4.21. The monoisotopic (exact) mass is 352 g/mol. The summed E-state index contributed by atoms with van der Waals surface area (Å²) in [4.78, 5) is 27.6. The van der Waals surface area contributed by atoms with Crippen molar-refractivity contribution >= 4 is 5.91 Å². The second-order valence-corrected chi connectivity index (χ2v) is 5.89. The van der Waals surface area contributed by atoms with E-state index in [4.69, 9.17) is 0 Å². The number of halogens is 3. The molecule has 2 heterocycles. The first-order valence-electron chi connectivity index (χ1n) is 7.61. The van der Waals surface area contributed by atoms with E-state index in [0.717, 1.165) is 12.1 Å². The molecule has 0 spiro atoms. The van der Waals surface area contributed by atoms with Crippen molar-refractivity contribution in [2.24, 2.45) is 0 Å². The second kappa shape index (κ2) is 6.36. The van der Waals surface area contributed by atoms with Crippen LogP contribution < -0.4 is 5.56 Å². The van der Waals surface area contributed by atoms with E-state index in [-0.39, 0.29) is 24.1 Å². The number of aromatic nitrogens is 1. The second-order valence-electron chi connectivity index (χ2n) is 5.89.